The number of imidazole rings is 1. The fourth-order valence-corrected chi connectivity index (χ4v) is 2.02. The summed E-state index contributed by atoms with van der Waals surface area (Å²) in [6.45, 7) is 5.28. The van der Waals surface area contributed by atoms with Gasteiger partial charge in [0.25, 0.3) is 0 Å². The lowest BCUT2D eigenvalue weighted by molar-refractivity contribution is 0.588. The number of nitrogens with zero attached hydrogens (tertiary/aromatic N) is 2. The first-order valence-corrected chi connectivity index (χ1v) is 6.48. The van der Waals surface area contributed by atoms with E-state index in [1.807, 2.05) is 17.9 Å². The fraction of sp³-hybridized carbons (Fsp3) is 0.400. The molecule has 0 aliphatic carbocycles. The van der Waals surface area contributed by atoms with Gasteiger partial charge in [-0.05, 0) is 25.5 Å². The van der Waals surface area contributed by atoms with Gasteiger partial charge in [-0.2, -0.15) is 0 Å². The molecule has 0 radical (unpaired) electrons. The molecule has 0 spiro atoms. The van der Waals surface area contributed by atoms with Crippen molar-refractivity contribution in [3.05, 3.63) is 53.6 Å². The third kappa shape index (κ3) is 2.99. The molecule has 18 heavy (non-hydrogen) atoms. The molecule has 96 valence electrons. The molecule has 1 aromatic heterocycles. The van der Waals surface area contributed by atoms with Crippen LogP contribution in [0.5, 0.6) is 0 Å². The van der Waals surface area contributed by atoms with Gasteiger partial charge in [0.05, 0.1) is 18.1 Å². The molecule has 0 amide bonds. The second-order valence-electron chi connectivity index (χ2n) is 4.76. The van der Waals surface area contributed by atoms with E-state index in [9.17, 15) is 0 Å². The fourth-order valence-electron chi connectivity index (χ4n) is 2.02. The van der Waals surface area contributed by atoms with Crippen LogP contribution < -0.4 is 5.32 Å². The standard InChI is InChI=1S/C15H21N3/c1-4-9-16-15(14-10-18(3)11-17-14)13-7-5-12(2)6-8-13/h5-8,10-11,15-16H,4,9H2,1-3H3. The van der Waals surface area contributed by atoms with E-state index in [1.54, 1.807) is 0 Å². The molecule has 3 heteroatoms. The van der Waals surface area contributed by atoms with Crippen molar-refractivity contribution in [3.63, 3.8) is 0 Å². The van der Waals surface area contributed by atoms with Gasteiger partial charge in [-0.3, -0.25) is 0 Å². The average molecular weight is 243 g/mol. The molecule has 2 aromatic rings. The maximum Gasteiger partial charge on any atom is 0.0947 e. The van der Waals surface area contributed by atoms with Gasteiger partial charge in [-0.1, -0.05) is 36.8 Å². The monoisotopic (exact) mass is 243 g/mol. The van der Waals surface area contributed by atoms with Crippen LogP contribution in [-0.2, 0) is 7.05 Å². The van der Waals surface area contributed by atoms with Crippen molar-refractivity contribution in [1.29, 1.82) is 0 Å². The Hall–Kier alpha value is -1.61. The van der Waals surface area contributed by atoms with Gasteiger partial charge in [-0.25, -0.2) is 4.98 Å². The number of aromatic nitrogens is 2. The molecule has 0 aliphatic heterocycles. The molecule has 1 aromatic carbocycles. The molecule has 0 aliphatic rings. The smallest absolute Gasteiger partial charge is 0.0947 e. The largest absolute Gasteiger partial charge is 0.340 e. The number of rotatable bonds is 5. The minimum absolute atomic E-state index is 0.187. The Morgan fingerprint density at radius 2 is 2.00 bits per heavy atom. The highest BCUT2D eigenvalue weighted by Gasteiger charge is 2.15. The van der Waals surface area contributed by atoms with Crippen LogP contribution in [0.1, 0.15) is 36.2 Å². The second-order valence-corrected chi connectivity index (χ2v) is 4.76. The summed E-state index contributed by atoms with van der Waals surface area (Å²) >= 11 is 0. The molecule has 1 unspecified atom stereocenters. The van der Waals surface area contributed by atoms with Crippen LogP contribution in [0.4, 0.5) is 0 Å². The lowest BCUT2D eigenvalue weighted by atomic mass is 10.0. The molecule has 1 atom stereocenters. The van der Waals surface area contributed by atoms with Crippen LogP contribution in [0.25, 0.3) is 0 Å². The lowest BCUT2D eigenvalue weighted by Gasteiger charge is -2.17. The molecule has 0 fully saturated rings. The summed E-state index contributed by atoms with van der Waals surface area (Å²) in [7, 11) is 2.00. The van der Waals surface area contributed by atoms with Crippen LogP contribution in [0, 0.1) is 6.92 Å². The van der Waals surface area contributed by atoms with Gasteiger partial charge in [0.1, 0.15) is 0 Å². The summed E-state index contributed by atoms with van der Waals surface area (Å²) in [4.78, 5) is 4.47. The van der Waals surface area contributed by atoms with Crippen LogP contribution in [0.3, 0.4) is 0 Å². The van der Waals surface area contributed by atoms with E-state index in [0.717, 1.165) is 18.7 Å². The van der Waals surface area contributed by atoms with Crippen molar-refractivity contribution in [2.75, 3.05) is 6.54 Å². The lowest BCUT2D eigenvalue weighted by Crippen LogP contribution is -2.23. The van der Waals surface area contributed by atoms with Crippen LogP contribution in [0.15, 0.2) is 36.8 Å². The average Bonchev–Trinajstić information content (AvgIpc) is 2.78. The summed E-state index contributed by atoms with van der Waals surface area (Å²) in [5.41, 5.74) is 3.64. The highest BCUT2D eigenvalue weighted by atomic mass is 15.0. The predicted molar refractivity (Wildman–Crippen MR) is 74.5 cm³/mol. The number of hydrogen-bond donors (Lipinski definition) is 1. The zero-order valence-electron chi connectivity index (χ0n) is 11.4. The van der Waals surface area contributed by atoms with E-state index in [2.05, 4.69) is 54.6 Å². The van der Waals surface area contributed by atoms with Gasteiger partial charge >= 0.3 is 0 Å². The summed E-state index contributed by atoms with van der Waals surface area (Å²) in [5, 5.41) is 3.56. The maximum absolute atomic E-state index is 4.47. The molecule has 2 rings (SSSR count). The van der Waals surface area contributed by atoms with Crippen molar-refractivity contribution >= 4 is 0 Å². The Balaban J connectivity index is 2.27. The molecular weight excluding hydrogens is 222 g/mol. The maximum atomic E-state index is 4.47. The SMILES string of the molecule is CCCNC(c1ccc(C)cc1)c1cn(C)cn1. The Morgan fingerprint density at radius 3 is 2.56 bits per heavy atom. The summed E-state index contributed by atoms with van der Waals surface area (Å²) in [6, 6.07) is 8.85. The molecule has 0 saturated heterocycles. The van der Waals surface area contributed by atoms with E-state index in [0.29, 0.717) is 0 Å². The van der Waals surface area contributed by atoms with Crippen molar-refractivity contribution in [1.82, 2.24) is 14.9 Å². The number of benzene rings is 1. The summed E-state index contributed by atoms with van der Waals surface area (Å²) in [5.74, 6) is 0. The van der Waals surface area contributed by atoms with Crippen molar-refractivity contribution in [2.45, 2.75) is 26.3 Å². The van der Waals surface area contributed by atoms with Crippen LogP contribution >= 0.6 is 0 Å². The van der Waals surface area contributed by atoms with Crippen LogP contribution in [0.2, 0.25) is 0 Å². The van der Waals surface area contributed by atoms with Gasteiger partial charge in [0.15, 0.2) is 0 Å². The molecule has 0 bridgehead atoms. The predicted octanol–water partition coefficient (Wildman–Crippen LogP) is 2.82. The normalized spacial score (nSPS) is 12.6. The van der Waals surface area contributed by atoms with E-state index in [4.69, 9.17) is 0 Å². The van der Waals surface area contributed by atoms with Crippen LogP contribution in [-0.4, -0.2) is 16.1 Å². The molecule has 1 N–H and O–H groups in total. The Bertz CT molecular complexity index is 485. The molecule has 1 heterocycles. The quantitative estimate of drug-likeness (QED) is 0.875. The van der Waals surface area contributed by atoms with E-state index < -0.39 is 0 Å². The van der Waals surface area contributed by atoms with Crippen molar-refractivity contribution in [2.24, 2.45) is 7.05 Å². The van der Waals surface area contributed by atoms with E-state index in [-0.39, 0.29) is 6.04 Å². The van der Waals surface area contributed by atoms with Crippen molar-refractivity contribution < 1.29 is 0 Å². The number of nitrogens with one attached hydrogen (secondary N) is 1. The second kappa shape index (κ2) is 5.83. The topological polar surface area (TPSA) is 29.9 Å². The first-order valence-electron chi connectivity index (χ1n) is 6.48. The van der Waals surface area contributed by atoms with Gasteiger partial charge in [0.2, 0.25) is 0 Å². The Labute approximate surface area is 109 Å². The number of hydrogen-bond acceptors (Lipinski definition) is 2. The Morgan fingerprint density at radius 1 is 1.28 bits per heavy atom. The van der Waals surface area contributed by atoms with E-state index >= 15 is 0 Å². The summed E-state index contributed by atoms with van der Waals surface area (Å²) in [6.07, 6.45) is 5.05. The first kappa shape index (κ1) is 12.8. The zero-order valence-corrected chi connectivity index (χ0v) is 11.4. The Kier molecular flexibility index (Phi) is 4.15. The first-order chi connectivity index (χ1) is 8.70. The van der Waals surface area contributed by atoms with Gasteiger partial charge in [-0.15, -0.1) is 0 Å². The number of aryl methyl sites for hydroxylation is 2. The third-order valence-electron chi connectivity index (χ3n) is 3.03. The minimum atomic E-state index is 0.187. The summed E-state index contributed by atoms with van der Waals surface area (Å²) < 4.78 is 1.99. The highest BCUT2D eigenvalue weighted by Crippen LogP contribution is 2.20. The minimum Gasteiger partial charge on any atom is -0.340 e. The highest BCUT2D eigenvalue weighted by molar-refractivity contribution is 5.29. The van der Waals surface area contributed by atoms with Crippen molar-refractivity contribution in [3.8, 4) is 0 Å². The van der Waals surface area contributed by atoms with E-state index in [1.165, 1.54) is 11.1 Å². The zero-order chi connectivity index (χ0) is 13.0. The molecular formula is C15H21N3. The van der Waals surface area contributed by atoms with Gasteiger partial charge in [0, 0.05) is 13.2 Å². The third-order valence-corrected chi connectivity index (χ3v) is 3.03. The molecule has 3 nitrogen and oxygen atoms in total. The van der Waals surface area contributed by atoms with Gasteiger partial charge < -0.3 is 9.88 Å². The molecule has 0 saturated carbocycles.